The Hall–Kier alpha value is -2.35. The molecule has 0 aliphatic rings. The molecule has 0 aliphatic heterocycles. The molecule has 0 saturated carbocycles. The number of hydrogen-bond acceptors (Lipinski definition) is 4. The number of ether oxygens (including phenoxy) is 1. The van der Waals surface area contributed by atoms with E-state index in [1.165, 1.54) is 6.20 Å². The quantitative estimate of drug-likeness (QED) is 0.725. The lowest BCUT2D eigenvalue weighted by Gasteiger charge is -2.00. The number of methoxy groups -OCH3 is 1. The fraction of sp³-hybridized carbons (Fsp3) is 0.133. The Morgan fingerprint density at radius 2 is 2.21 bits per heavy atom. The smallest absolute Gasteiger partial charge is 0.273 e. The number of nitrogens with zero attached hydrogens (tertiary/aromatic N) is 3. The third-order valence-electron chi connectivity index (χ3n) is 3.18. The van der Waals surface area contributed by atoms with Crippen molar-refractivity contribution < 1.29 is 9.53 Å². The van der Waals surface area contributed by atoms with Crippen molar-refractivity contribution in [3.8, 4) is 11.3 Å². The number of rotatable bonds is 5. The van der Waals surface area contributed by atoms with Crippen LogP contribution in [0.1, 0.15) is 10.5 Å². The van der Waals surface area contributed by atoms with Gasteiger partial charge >= 0.3 is 0 Å². The van der Waals surface area contributed by atoms with E-state index in [2.05, 4.69) is 20.6 Å². The molecule has 2 aromatic heterocycles. The van der Waals surface area contributed by atoms with Gasteiger partial charge in [-0.2, -0.15) is 10.2 Å². The average molecular weight is 366 g/mol. The average Bonchev–Trinajstić information content (AvgIpc) is 3.17. The highest BCUT2D eigenvalue weighted by molar-refractivity contribution is 6.36. The van der Waals surface area contributed by atoms with Gasteiger partial charge in [-0.1, -0.05) is 23.2 Å². The number of aromatic amines is 1. The number of H-pyrrole nitrogens is 1. The topological polar surface area (TPSA) is 84.8 Å². The molecule has 3 rings (SSSR count). The summed E-state index contributed by atoms with van der Waals surface area (Å²) in [7, 11) is 1.56. The summed E-state index contributed by atoms with van der Waals surface area (Å²) in [6.07, 6.45) is 3.19. The Morgan fingerprint density at radius 1 is 1.38 bits per heavy atom. The number of anilines is 1. The predicted molar refractivity (Wildman–Crippen MR) is 91.2 cm³/mol. The monoisotopic (exact) mass is 365 g/mol. The van der Waals surface area contributed by atoms with Crippen LogP contribution in [0.15, 0.2) is 36.7 Å². The number of halogens is 2. The second-order valence-electron chi connectivity index (χ2n) is 4.93. The zero-order chi connectivity index (χ0) is 17.1. The molecule has 2 N–H and O–H groups in total. The summed E-state index contributed by atoms with van der Waals surface area (Å²) in [6.45, 7) is 0.305. The van der Waals surface area contributed by atoms with Gasteiger partial charge in [0.2, 0.25) is 0 Å². The molecule has 24 heavy (non-hydrogen) atoms. The first-order chi connectivity index (χ1) is 11.6. The molecule has 3 aromatic rings. The maximum Gasteiger partial charge on any atom is 0.273 e. The van der Waals surface area contributed by atoms with E-state index >= 15 is 0 Å². The standard InChI is InChI=1S/C15H13Cl2N5O2/c1-24-8-22-7-10(6-18-22)19-15(23)14-5-13(20-21-14)11-3-2-9(16)4-12(11)17/h2-7H,8H2,1H3,(H,19,23)(H,20,21). The number of carbonyl (C=O) groups is 1. The molecular formula is C15H13Cl2N5O2. The lowest BCUT2D eigenvalue weighted by molar-refractivity contribution is 0.102. The van der Waals surface area contributed by atoms with Crippen LogP contribution in [0, 0.1) is 0 Å². The molecule has 1 amide bonds. The van der Waals surface area contributed by atoms with Crippen molar-refractivity contribution in [3.05, 3.63) is 52.4 Å². The molecule has 124 valence electrons. The van der Waals surface area contributed by atoms with Gasteiger partial charge in [0.25, 0.3) is 5.91 Å². The molecular weight excluding hydrogens is 353 g/mol. The van der Waals surface area contributed by atoms with Crippen LogP contribution in [-0.4, -0.2) is 33.0 Å². The number of amides is 1. The van der Waals surface area contributed by atoms with E-state index in [9.17, 15) is 4.79 Å². The Balaban J connectivity index is 1.75. The van der Waals surface area contributed by atoms with Crippen LogP contribution in [0.3, 0.4) is 0 Å². The van der Waals surface area contributed by atoms with Crippen molar-refractivity contribution in [1.82, 2.24) is 20.0 Å². The van der Waals surface area contributed by atoms with Gasteiger partial charge in [0.1, 0.15) is 12.4 Å². The molecule has 0 saturated heterocycles. The third-order valence-corrected chi connectivity index (χ3v) is 3.73. The molecule has 0 aliphatic carbocycles. The maximum atomic E-state index is 12.3. The summed E-state index contributed by atoms with van der Waals surface area (Å²) >= 11 is 12.0. The third kappa shape index (κ3) is 3.59. The molecule has 0 unspecified atom stereocenters. The molecule has 0 atom stereocenters. The highest BCUT2D eigenvalue weighted by Gasteiger charge is 2.14. The summed E-state index contributed by atoms with van der Waals surface area (Å²) in [4.78, 5) is 12.3. The van der Waals surface area contributed by atoms with Crippen molar-refractivity contribution >= 4 is 34.8 Å². The van der Waals surface area contributed by atoms with Crippen LogP contribution in [0.5, 0.6) is 0 Å². The van der Waals surface area contributed by atoms with E-state index in [1.807, 2.05) is 0 Å². The van der Waals surface area contributed by atoms with Gasteiger partial charge in [-0.05, 0) is 24.3 Å². The Morgan fingerprint density at radius 3 is 2.96 bits per heavy atom. The van der Waals surface area contributed by atoms with Crippen LogP contribution in [0.4, 0.5) is 5.69 Å². The SMILES string of the molecule is COCn1cc(NC(=O)c2cc(-c3ccc(Cl)cc3Cl)n[nH]2)cn1. The van der Waals surface area contributed by atoms with Crippen molar-refractivity contribution in [3.63, 3.8) is 0 Å². The second-order valence-corrected chi connectivity index (χ2v) is 5.78. The Bertz CT molecular complexity index is 874. The fourth-order valence-corrected chi connectivity index (χ4v) is 2.61. The van der Waals surface area contributed by atoms with Gasteiger partial charge in [-0.25, -0.2) is 4.68 Å². The van der Waals surface area contributed by atoms with E-state index in [0.717, 1.165) is 0 Å². The van der Waals surface area contributed by atoms with E-state index in [0.29, 0.717) is 39.4 Å². The van der Waals surface area contributed by atoms with Crippen LogP contribution < -0.4 is 5.32 Å². The molecule has 0 fully saturated rings. The molecule has 0 spiro atoms. The van der Waals surface area contributed by atoms with E-state index in [-0.39, 0.29) is 5.91 Å². The van der Waals surface area contributed by atoms with Crippen LogP contribution in [-0.2, 0) is 11.5 Å². The number of aromatic nitrogens is 4. The van der Waals surface area contributed by atoms with Gasteiger partial charge in [0.15, 0.2) is 0 Å². The Labute approximate surface area is 147 Å². The molecule has 2 heterocycles. The molecule has 0 bridgehead atoms. The van der Waals surface area contributed by atoms with E-state index in [1.54, 1.807) is 42.3 Å². The second kappa shape index (κ2) is 7.04. The van der Waals surface area contributed by atoms with Gasteiger partial charge in [-0.15, -0.1) is 0 Å². The number of hydrogen-bond donors (Lipinski definition) is 2. The van der Waals surface area contributed by atoms with Gasteiger partial charge in [0, 0.05) is 17.7 Å². The lowest BCUT2D eigenvalue weighted by atomic mass is 10.1. The first kappa shape index (κ1) is 16.5. The Kier molecular flexibility index (Phi) is 4.84. The zero-order valence-corrected chi connectivity index (χ0v) is 14.1. The van der Waals surface area contributed by atoms with Crippen molar-refractivity contribution in [2.75, 3.05) is 12.4 Å². The first-order valence-electron chi connectivity index (χ1n) is 6.90. The highest BCUT2D eigenvalue weighted by Crippen LogP contribution is 2.29. The number of benzene rings is 1. The first-order valence-corrected chi connectivity index (χ1v) is 7.66. The van der Waals surface area contributed by atoms with Gasteiger partial charge in [0.05, 0.1) is 28.8 Å². The molecule has 1 aromatic carbocycles. The summed E-state index contributed by atoms with van der Waals surface area (Å²) < 4.78 is 6.51. The lowest BCUT2D eigenvalue weighted by Crippen LogP contribution is -2.11. The minimum Gasteiger partial charge on any atom is -0.362 e. The van der Waals surface area contributed by atoms with Crippen molar-refractivity contribution in [2.24, 2.45) is 0 Å². The minimum atomic E-state index is -0.337. The van der Waals surface area contributed by atoms with E-state index < -0.39 is 0 Å². The molecule has 9 heteroatoms. The summed E-state index contributed by atoms with van der Waals surface area (Å²) in [5, 5.41) is 14.6. The fourth-order valence-electron chi connectivity index (χ4n) is 2.10. The van der Waals surface area contributed by atoms with Crippen LogP contribution >= 0.6 is 23.2 Å². The van der Waals surface area contributed by atoms with Crippen LogP contribution in [0.25, 0.3) is 11.3 Å². The maximum absolute atomic E-state index is 12.3. The van der Waals surface area contributed by atoms with Crippen molar-refractivity contribution in [1.29, 1.82) is 0 Å². The largest absolute Gasteiger partial charge is 0.362 e. The van der Waals surface area contributed by atoms with E-state index in [4.69, 9.17) is 27.9 Å². The molecule has 0 radical (unpaired) electrons. The minimum absolute atomic E-state index is 0.301. The summed E-state index contributed by atoms with van der Waals surface area (Å²) in [6, 6.07) is 6.69. The van der Waals surface area contributed by atoms with Crippen LogP contribution in [0.2, 0.25) is 10.0 Å². The predicted octanol–water partition coefficient (Wildman–Crippen LogP) is 3.44. The van der Waals surface area contributed by atoms with Gasteiger partial charge < -0.3 is 10.1 Å². The summed E-state index contributed by atoms with van der Waals surface area (Å²) in [5.74, 6) is -0.337. The summed E-state index contributed by atoms with van der Waals surface area (Å²) in [5.41, 5.74) is 2.09. The highest BCUT2D eigenvalue weighted by atomic mass is 35.5. The van der Waals surface area contributed by atoms with Gasteiger partial charge in [-0.3, -0.25) is 9.89 Å². The number of nitrogens with one attached hydrogen (secondary N) is 2. The molecule has 7 nitrogen and oxygen atoms in total. The number of carbonyl (C=O) groups excluding carboxylic acids is 1. The zero-order valence-electron chi connectivity index (χ0n) is 12.6. The normalized spacial score (nSPS) is 10.8. The van der Waals surface area contributed by atoms with Crippen molar-refractivity contribution in [2.45, 2.75) is 6.73 Å².